The molecule has 0 bridgehead atoms. The first kappa shape index (κ1) is 14.1. The highest BCUT2D eigenvalue weighted by Gasteiger charge is 2.18. The van der Waals surface area contributed by atoms with E-state index < -0.39 is 17.7 Å². The van der Waals surface area contributed by atoms with Gasteiger partial charge in [-0.25, -0.2) is 14.2 Å². The Morgan fingerprint density at radius 1 is 1.35 bits per heavy atom. The van der Waals surface area contributed by atoms with Gasteiger partial charge in [0.05, 0.1) is 22.0 Å². The summed E-state index contributed by atoms with van der Waals surface area (Å²) in [6, 6.07) is 3.18. The molecule has 0 radical (unpaired) electrons. The quantitative estimate of drug-likeness (QED) is 0.912. The van der Waals surface area contributed by atoms with Crippen molar-refractivity contribution in [2.24, 2.45) is 0 Å². The number of carboxylic acids is 1. The number of aromatic nitrogens is 1. The fourth-order valence-corrected chi connectivity index (χ4v) is 2.54. The van der Waals surface area contributed by atoms with Crippen LogP contribution in [-0.2, 0) is 0 Å². The minimum Gasteiger partial charge on any atom is -0.478 e. The Balaban J connectivity index is 2.33. The largest absolute Gasteiger partial charge is 0.478 e. The number of carbonyl (C=O) groups excluding carboxylic acids is 1. The van der Waals surface area contributed by atoms with Crippen molar-refractivity contribution in [2.45, 2.75) is 13.8 Å². The van der Waals surface area contributed by atoms with Crippen LogP contribution in [0.1, 0.15) is 30.7 Å². The number of rotatable bonds is 3. The van der Waals surface area contributed by atoms with E-state index in [0.29, 0.717) is 10.6 Å². The zero-order valence-electron chi connectivity index (χ0n) is 10.7. The molecule has 0 atom stereocenters. The smallest absolute Gasteiger partial charge is 0.337 e. The molecule has 0 aliphatic rings. The molecule has 2 aromatic rings. The lowest BCUT2D eigenvalue weighted by atomic mass is 10.1. The van der Waals surface area contributed by atoms with Gasteiger partial charge < -0.3 is 10.4 Å². The van der Waals surface area contributed by atoms with Crippen LogP contribution in [0.25, 0.3) is 0 Å². The summed E-state index contributed by atoms with van der Waals surface area (Å²) in [5.41, 5.74) is 0.329. The summed E-state index contributed by atoms with van der Waals surface area (Å²) < 4.78 is 13.1. The number of halogens is 1. The lowest BCUT2D eigenvalue weighted by Crippen LogP contribution is -2.14. The first-order chi connectivity index (χ1) is 9.38. The topological polar surface area (TPSA) is 79.3 Å². The Hall–Kier alpha value is -2.28. The van der Waals surface area contributed by atoms with Gasteiger partial charge in [0.15, 0.2) is 0 Å². The van der Waals surface area contributed by atoms with E-state index in [4.69, 9.17) is 5.11 Å². The number of carboxylic acid groups (broad SMARTS) is 1. The number of carbonyl (C=O) groups is 2. The number of amides is 1. The molecule has 20 heavy (non-hydrogen) atoms. The van der Waals surface area contributed by atoms with Gasteiger partial charge in [0.1, 0.15) is 10.7 Å². The third kappa shape index (κ3) is 2.83. The van der Waals surface area contributed by atoms with E-state index in [-0.39, 0.29) is 11.3 Å². The van der Waals surface area contributed by atoms with Gasteiger partial charge in [-0.3, -0.25) is 4.79 Å². The molecule has 5 nitrogen and oxygen atoms in total. The summed E-state index contributed by atoms with van der Waals surface area (Å²) in [4.78, 5) is 27.6. The first-order valence-electron chi connectivity index (χ1n) is 5.66. The number of anilines is 1. The van der Waals surface area contributed by atoms with Crippen LogP contribution in [0, 0.1) is 19.7 Å². The normalized spacial score (nSPS) is 10.3. The Kier molecular flexibility index (Phi) is 3.80. The van der Waals surface area contributed by atoms with Gasteiger partial charge in [0.25, 0.3) is 5.91 Å². The molecule has 0 spiro atoms. The fourth-order valence-electron chi connectivity index (χ4n) is 1.72. The minimum absolute atomic E-state index is 0.0503. The zero-order chi connectivity index (χ0) is 14.9. The van der Waals surface area contributed by atoms with Crippen molar-refractivity contribution in [3.8, 4) is 0 Å². The molecule has 0 fully saturated rings. The maximum absolute atomic E-state index is 13.1. The van der Waals surface area contributed by atoms with Crippen LogP contribution in [0.15, 0.2) is 18.2 Å². The standard InChI is InChI=1S/C13H11FN2O3S/c1-6-11(20-7(2)15-6)12(17)16-10-4-3-8(14)5-9(10)13(18)19/h3-5H,1-2H3,(H,16,17)(H,18,19). The van der Waals surface area contributed by atoms with Gasteiger partial charge >= 0.3 is 5.97 Å². The maximum atomic E-state index is 13.1. The van der Waals surface area contributed by atoms with Crippen molar-refractivity contribution >= 4 is 28.9 Å². The zero-order valence-corrected chi connectivity index (χ0v) is 11.5. The summed E-state index contributed by atoms with van der Waals surface area (Å²) in [5, 5.41) is 12.2. The van der Waals surface area contributed by atoms with E-state index >= 15 is 0 Å². The monoisotopic (exact) mass is 294 g/mol. The van der Waals surface area contributed by atoms with E-state index in [1.165, 1.54) is 17.4 Å². The average Bonchev–Trinajstić information content (AvgIpc) is 2.70. The molecule has 1 heterocycles. The lowest BCUT2D eigenvalue weighted by molar-refractivity contribution is 0.0697. The van der Waals surface area contributed by atoms with E-state index in [1.807, 2.05) is 0 Å². The minimum atomic E-state index is -1.31. The predicted molar refractivity (Wildman–Crippen MR) is 72.9 cm³/mol. The van der Waals surface area contributed by atoms with Crippen molar-refractivity contribution in [1.82, 2.24) is 4.98 Å². The van der Waals surface area contributed by atoms with Crippen molar-refractivity contribution in [2.75, 3.05) is 5.32 Å². The van der Waals surface area contributed by atoms with Gasteiger partial charge in [-0.05, 0) is 32.0 Å². The van der Waals surface area contributed by atoms with Gasteiger partial charge in [0.2, 0.25) is 0 Å². The molecule has 2 rings (SSSR count). The number of hydrogen-bond donors (Lipinski definition) is 2. The molecule has 0 saturated heterocycles. The molecule has 2 N–H and O–H groups in total. The first-order valence-corrected chi connectivity index (χ1v) is 6.48. The van der Waals surface area contributed by atoms with E-state index in [9.17, 15) is 14.0 Å². The average molecular weight is 294 g/mol. The van der Waals surface area contributed by atoms with Crippen molar-refractivity contribution in [3.05, 3.63) is 45.2 Å². The van der Waals surface area contributed by atoms with E-state index in [1.54, 1.807) is 13.8 Å². The van der Waals surface area contributed by atoms with E-state index in [2.05, 4.69) is 10.3 Å². The third-order valence-corrected chi connectivity index (χ3v) is 3.64. The second-order valence-corrected chi connectivity index (χ2v) is 5.30. The van der Waals surface area contributed by atoms with Crippen molar-refractivity contribution in [1.29, 1.82) is 0 Å². The fraction of sp³-hybridized carbons (Fsp3) is 0.154. The van der Waals surface area contributed by atoms with Crippen LogP contribution < -0.4 is 5.32 Å². The Bertz CT molecular complexity index is 697. The number of aromatic carboxylic acids is 1. The number of benzene rings is 1. The van der Waals surface area contributed by atoms with Gasteiger partial charge in [-0.1, -0.05) is 0 Å². The summed E-state index contributed by atoms with van der Waals surface area (Å²) in [7, 11) is 0. The SMILES string of the molecule is Cc1nc(C)c(C(=O)Nc2ccc(F)cc2C(=O)O)s1. The summed E-state index contributed by atoms with van der Waals surface area (Å²) >= 11 is 1.21. The molecule has 1 aromatic heterocycles. The number of thiazole rings is 1. The third-order valence-electron chi connectivity index (χ3n) is 2.57. The molecular weight excluding hydrogens is 283 g/mol. The highest BCUT2D eigenvalue weighted by atomic mass is 32.1. The van der Waals surface area contributed by atoms with Crippen molar-refractivity contribution in [3.63, 3.8) is 0 Å². The van der Waals surface area contributed by atoms with Crippen LogP contribution in [0.5, 0.6) is 0 Å². The molecule has 1 aromatic carbocycles. The van der Waals surface area contributed by atoms with Crippen LogP contribution in [-0.4, -0.2) is 22.0 Å². The Labute approximate surface area is 118 Å². The van der Waals surface area contributed by atoms with Gasteiger partial charge in [0, 0.05) is 0 Å². The summed E-state index contributed by atoms with van der Waals surface area (Å²) in [5.74, 6) is -2.44. The molecule has 0 unspecified atom stereocenters. The predicted octanol–water partition coefficient (Wildman–Crippen LogP) is 2.85. The molecule has 0 saturated carbocycles. The van der Waals surface area contributed by atoms with Crippen LogP contribution in [0.4, 0.5) is 10.1 Å². The Morgan fingerprint density at radius 2 is 2.05 bits per heavy atom. The number of nitrogens with one attached hydrogen (secondary N) is 1. The van der Waals surface area contributed by atoms with Gasteiger partial charge in [-0.2, -0.15) is 0 Å². The molecule has 1 amide bonds. The van der Waals surface area contributed by atoms with Crippen LogP contribution in [0.3, 0.4) is 0 Å². The second-order valence-electron chi connectivity index (χ2n) is 4.10. The molecule has 7 heteroatoms. The molecule has 0 aliphatic carbocycles. The van der Waals surface area contributed by atoms with Gasteiger partial charge in [-0.15, -0.1) is 11.3 Å². The second kappa shape index (κ2) is 5.38. The van der Waals surface area contributed by atoms with Crippen LogP contribution in [0.2, 0.25) is 0 Å². The summed E-state index contributed by atoms with van der Waals surface area (Å²) in [6.07, 6.45) is 0. The maximum Gasteiger partial charge on any atom is 0.337 e. The summed E-state index contributed by atoms with van der Waals surface area (Å²) in [6.45, 7) is 3.47. The molecule has 0 aliphatic heterocycles. The van der Waals surface area contributed by atoms with Crippen molar-refractivity contribution < 1.29 is 19.1 Å². The number of hydrogen-bond acceptors (Lipinski definition) is 4. The number of aryl methyl sites for hydroxylation is 2. The molecular formula is C13H11FN2O3S. The lowest BCUT2D eigenvalue weighted by Gasteiger charge is -2.07. The van der Waals surface area contributed by atoms with E-state index in [0.717, 1.165) is 17.1 Å². The van der Waals surface area contributed by atoms with Crippen LogP contribution >= 0.6 is 11.3 Å². The highest BCUT2D eigenvalue weighted by Crippen LogP contribution is 2.22. The Morgan fingerprint density at radius 3 is 2.60 bits per heavy atom. The number of nitrogens with zero attached hydrogens (tertiary/aromatic N) is 1. The molecule has 104 valence electrons. The highest BCUT2D eigenvalue weighted by molar-refractivity contribution is 7.13.